The zero-order valence-electron chi connectivity index (χ0n) is 9.18. The van der Waals surface area contributed by atoms with Gasteiger partial charge in [0.05, 0.1) is 10.4 Å². The molecule has 0 saturated carbocycles. The topological polar surface area (TPSA) is 79.3 Å². The average molecular weight is 369 g/mol. The maximum absolute atomic E-state index is 12.1. The fourth-order valence-corrected chi connectivity index (χ4v) is 5.68. The van der Waals surface area contributed by atoms with Crippen LogP contribution in [0.4, 0.5) is 5.13 Å². The summed E-state index contributed by atoms with van der Waals surface area (Å²) in [6.07, 6.45) is 1.60. The van der Waals surface area contributed by atoms with Gasteiger partial charge in [-0.3, -0.25) is 4.72 Å². The van der Waals surface area contributed by atoms with Crippen molar-refractivity contribution in [3.63, 3.8) is 0 Å². The van der Waals surface area contributed by atoms with Crippen molar-refractivity contribution in [1.82, 2.24) is 4.98 Å². The molecule has 2 heterocycles. The number of aryl methyl sites for hydroxylation is 1. The van der Waals surface area contributed by atoms with E-state index in [1.165, 1.54) is 28.7 Å². The summed E-state index contributed by atoms with van der Waals surface area (Å²) in [5.74, 6) is 0. The minimum atomic E-state index is -3.67. The van der Waals surface area contributed by atoms with Crippen LogP contribution in [0.3, 0.4) is 0 Å². The Hall–Kier alpha value is -0.480. The number of hydrogen-bond acceptors (Lipinski definition) is 6. The van der Waals surface area contributed by atoms with E-state index < -0.39 is 10.0 Å². The molecule has 2 rings (SSSR count). The maximum Gasteiger partial charge on any atom is 0.265 e. The molecule has 0 spiro atoms. The van der Waals surface area contributed by atoms with Crippen LogP contribution < -0.4 is 4.72 Å². The summed E-state index contributed by atoms with van der Waals surface area (Å²) < 4.78 is 27.1. The van der Waals surface area contributed by atoms with Crippen molar-refractivity contribution < 1.29 is 13.5 Å². The van der Waals surface area contributed by atoms with Crippen LogP contribution in [0.5, 0.6) is 0 Å². The molecule has 0 aliphatic carbocycles. The van der Waals surface area contributed by atoms with Gasteiger partial charge in [-0.15, -0.1) is 22.7 Å². The van der Waals surface area contributed by atoms with Crippen molar-refractivity contribution >= 4 is 53.8 Å². The van der Waals surface area contributed by atoms with E-state index in [2.05, 4.69) is 25.6 Å². The van der Waals surface area contributed by atoms with Gasteiger partial charge in [0.15, 0.2) is 5.13 Å². The fraction of sp³-hybridized carbons (Fsp3) is 0.222. The van der Waals surface area contributed by atoms with Crippen molar-refractivity contribution in [3.05, 3.63) is 25.8 Å². The number of rotatable bonds is 4. The number of anilines is 1. The highest BCUT2D eigenvalue weighted by Gasteiger charge is 2.21. The Bertz CT molecular complexity index is 662. The van der Waals surface area contributed by atoms with E-state index >= 15 is 0 Å². The molecule has 0 radical (unpaired) electrons. The number of thiophene rings is 1. The van der Waals surface area contributed by atoms with E-state index in [1.807, 2.05) is 6.92 Å². The number of thiazole rings is 1. The first-order valence-electron chi connectivity index (χ1n) is 4.76. The van der Waals surface area contributed by atoms with Gasteiger partial charge in [0.25, 0.3) is 10.0 Å². The maximum atomic E-state index is 12.1. The minimum absolute atomic E-state index is 0.115. The third kappa shape index (κ3) is 2.91. The van der Waals surface area contributed by atoms with E-state index in [-0.39, 0.29) is 11.5 Å². The number of aromatic nitrogens is 1. The highest BCUT2D eigenvalue weighted by atomic mass is 79.9. The smallest absolute Gasteiger partial charge is 0.265 e. The number of sulfonamides is 1. The molecule has 0 atom stereocenters. The summed E-state index contributed by atoms with van der Waals surface area (Å²) >= 11 is 5.64. The molecule has 0 saturated heterocycles. The molecule has 18 heavy (non-hydrogen) atoms. The summed E-state index contributed by atoms with van der Waals surface area (Å²) in [6, 6.07) is 1.44. The van der Waals surface area contributed by atoms with Gasteiger partial charge in [0, 0.05) is 16.0 Å². The van der Waals surface area contributed by atoms with E-state index in [1.54, 1.807) is 6.20 Å². The second-order valence-corrected chi connectivity index (χ2v) is 8.73. The van der Waals surface area contributed by atoms with Crippen LogP contribution >= 0.6 is 38.6 Å². The lowest BCUT2D eigenvalue weighted by atomic mass is 10.5. The van der Waals surface area contributed by atoms with E-state index in [0.717, 1.165) is 4.88 Å². The van der Waals surface area contributed by atoms with Crippen molar-refractivity contribution in [1.29, 1.82) is 0 Å². The van der Waals surface area contributed by atoms with Crippen molar-refractivity contribution in [3.8, 4) is 0 Å². The molecule has 0 aliphatic heterocycles. The van der Waals surface area contributed by atoms with Crippen LogP contribution in [0, 0.1) is 6.92 Å². The monoisotopic (exact) mass is 368 g/mol. The Morgan fingerprint density at radius 3 is 2.72 bits per heavy atom. The fourth-order valence-electron chi connectivity index (χ4n) is 1.23. The molecule has 0 aromatic carbocycles. The highest BCUT2D eigenvalue weighted by Crippen LogP contribution is 2.33. The van der Waals surface area contributed by atoms with Gasteiger partial charge >= 0.3 is 0 Å². The Labute approximate surface area is 121 Å². The van der Waals surface area contributed by atoms with Crippen LogP contribution in [0.25, 0.3) is 0 Å². The molecule has 2 aromatic heterocycles. The second-order valence-electron chi connectivity index (χ2n) is 3.39. The lowest BCUT2D eigenvalue weighted by Crippen LogP contribution is -2.12. The average Bonchev–Trinajstić information content (AvgIpc) is 2.84. The molecule has 5 nitrogen and oxygen atoms in total. The van der Waals surface area contributed by atoms with Gasteiger partial charge in [-0.2, -0.15) is 0 Å². The van der Waals surface area contributed by atoms with Crippen LogP contribution in [-0.2, 0) is 16.6 Å². The molecular formula is C9H9BrN2O3S3. The van der Waals surface area contributed by atoms with Gasteiger partial charge in [-0.25, -0.2) is 13.4 Å². The summed E-state index contributed by atoms with van der Waals surface area (Å²) in [5.41, 5.74) is 0. The summed E-state index contributed by atoms with van der Waals surface area (Å²) in [7, 11) is -3.67. The van der Waals surface area contributed by atoms with Crippen molar-refractivity contribution in [2.45, 2.75) is 18.4 Å². The predicted molar refractivity (Wildman–Crippen MR) is 75.6 cm³/mol. The zero-order valence-corrected chi connectivity index (χ0v) is 13.2. The Balaban J connectivity index is 2.33. The third-order valence-corrected chi connectivity index (χ3v) is 6.53. The quantitative estimate of drug-likeness (QED) is 0.868. The Kier molecular flexibility index (Phi) is 4.07. The van der Waals surface area contributed by atoms with Crippen LogP contribution in [-0.4, -0.2) is 18.5 Å². The molecule has 2 N–H and O–H groups in total. The van der Waals surface area contributed by atoms with Crippen molar-refractivity contribution in [2.24, 2.45) is 0 Å². The number of aliphatic hydroxyl groups excluding tert-OH is 1. The van der Waals surface area contributed by atoms with Gasteiger partial charge in [0.1, 0.15) is 4.90 Å². The molecule has 0 unspecified atom stereocenters. The number of nitrogens with one attached hydrogen (secondary N) is 1. The SMILES string of the molecule is Cc1cnc(NS(=O)(=O)c2cc(CO)sc2Br)s1. The minimum Gasteiger partial charge on any atom is -0.391 e. The summed E-state index contributed by atoms with van der Waals surface area (Å²) in [5, 5.41) is 9.33. The Morgan fingerprint density at radius 1 is 1.50 bits per heavy atom. The van der Waals surface area contributed by atoms with Crippen LogP contribution in [0.1, 0.15) is 9.75 Å². The van der Waals surface area contributed by atoms with E-state index in [4.69, 9.17) is 5.11 Å². The van der Waals surface area contributed by atoms with E-state index in [0.29, 0.717) is 13.8 Å². The molecule has 0 aliphatic rings. The number of aliphatic hydroxyl groups is 1. The van der Waals surface area contributed by atoms with Gasteiger partial charge in [-0.1, -0.05) is 0 Å². The highest BCUT2D eigenvalue weighted by molar-refractivity contribution is 9.11. The second kappa shape index (κ2) is 5.25. The molecular weight excluding hydrogens is 360 g/mol. The summed E-state index contributed by atoms with van der Waals surface area (Å²) in [6.45, 7) is 1.66. The van der Waals surface area contributed by atoms with Crippen LogP contribution in [0.2, 0.25) is 0 Å². The molecule has 98 valence electrons. The Morgan fingerprint density at radius 2 is 2.22 bits per heavy atom. The third-order valence-electron chi connectivity index (χ3n) is 1.99. The first-order valence-corrected chi connectivity index (χ1v) is 8.67. The normalized spacial score (nSPS) is 11.7. The number of hydrogen-bond donors (Lipinski definition) is 2. The van der Waals surface area contributed by atoms with E-state index in [9.17, 15) is 8.42 Å². The van der Waals surface area contributed by atoms with Gasteiger partial charge in [-0.05, 0) is 28.9 Å². The first kappa shape index (κ1) is 13.9. The standard InChI is InChI=1S/C9H9BrN2O3S3/c1-5-3-11-9(16-5)12-18(14,15)7-2-6(4-13)17-8(7)10/h2-3,13H,4H2,1H3,(H,11,12). The van der Waals surface area contributed by atoms with Gasteiger partial charge in [0.2, 0.25) is 0 Å². The van der Waals surface area contributed by atoms with Crippen LogP contribution in [0.15, 0.2) is 20.9 Å². The first-order chi connectivity index (χ1) is 8.42. The lowest BCUT2D eigenvalue weighted by molar-refractivity contribution is 0.285. The molecule has 9 heteroatoms. The molecule has 0 amide bonds. The predicted octanol–water partition coefficient (Wildman–Crippen LogP) is 2.57. The number of halogens is 1. The zero-order chi connectivity index (χ0) is 13.3. The molecule has 0 bridgehead atoms. The summed E-state index contributed by atoms with van der Waals surface area (Å²) in [4.78, 5) is 5.57. The lowest BCUT2D eigenvalue weighted by Gasteiger charge is -2.02. The van der Waals surface area contributed by atoms with Crippen molar-refractivity contribution in [2.75, 3.05) is 4.72 Å². The molecule has 2 aromatic rings. The molecule has 0 fully saturated rings. The largest absolute Gasteiger partial charge is 0.391 e. The number of nitrogens with zero attached hydrogens (tertiary/aromatic N) is 1. The van der Waals surface area contributed by atoms with Gasteiger partial charge < -0.3 is 5.11 Å².